The molecule has 0 aromatic heterocycles. The third-order valence-electron chi connectivity index (χ3n) is 9.29. The molecule has 13 nitrogen and oxygen atoms in total. The standard InChI is InChI=1S/C33H49N5O8S.2ClH/c1-45-28-18-25-4-3-5-30(26(25)19-29(28)46-2)47(43,44)38-27(33(41)42)20-36-31(39)21-37-32(40)24(8-6-22-10-14-34-15-11-22)9-7-23-12-16-35-17-13-23;;/h3-5,18-19,22-24,27,34-35,38H,6-17,20-21H2,1-2H3,(H,36,39)(H,37,40)(H,41,42);2*1H. The maximum atomic E-state index is 13.4. The van der Waals surface area contributed by atoms with Crippen molar-refractivity contribution in [2.75, 3.05) is 53.5 Å². The van der Waals surface area contributed by atoms with Gasteiger partial charge in [-0.05, 0) is 113 Å². The molecule has 0 radical (unpaired) electrons. The van der Waals surface area contributed by atoms with Gasteiger partial charge >= 0.3 is 5.97 Å². The number of hydrogen-bond acceptors (Lipinski definition) is 9. The number of carbonyl (C=O) groups excluding carboxylic acids is 2. The summed E-state index contributed by atoms with van der Waals surface area (Å²) in [5, 5.41) is 22.6. The second kappa shape index (κ2) is 20.7. The molecule has 276 valence electrons. The molecular weight excluding hydrogens is 697 g/mol. The number of halogens is 2. The predicted molar refractivity (Wildman–Crippen MR) is 192 cm³/mol. The van der Waals surface area contributed by atoms with Crippen LogP contribution in [-0.2, 0) is 24.4 Å². The molecule has 2 aliphatic heterocycles. The van der Waals surface area contributed by atoms with Crippen LogP contribution in [-0.4, -0.2) is 90.8 Å². The minimum Gasteiger partial charge on any atom is -0.493 e. The first kappa shape index (κ1) is 42.3. The number of piperidine rings is 2. The topological polar surface area (TPSA) is 184 Å². The molecule has 2 aliphatic rings. The Labute approximate surface area is 301 Å². The van der Waals surface area contributed by atoms with Gasteiger partial charge in [0.2, 0.25) is 21.8 Å². The number of carbonyl (C=O) groups is 3. The number of fused-ring (bicyclic) bond motifs is 1. The molecule has 4 rings (SSSR count). The van der Waals surface area contributed by atoms with Crippen LogP contribution in [0.2, 0.25) is 0 Å². The Kier molecular flexibility index (Phi) is 17.9. The lowest BCUT2D eigenvalue weighted by atomic mass is 9.84. The average Bonchev–Trinajstić information content (AvgIpc) is 3.08. The van der Waals surface area contributed by atoms with Crippen LogP contribution in [0.1, 0.15) is 51.4 Å². The summed E-state index contributed by atoms with van der Waals surface area (Å²) in [5.41, 5.74) is 0. The van der Waals surface area contributed by atoms with Crippen LogP contribution in [0.5, 0.6) is 11.5 Å². The number of aliphatic carboxylic acids is 1. The fraction of sp³-hybridized carbons (Fsp3) is 0.606. The van der Waals surface area contributed by atoms with E-state index in [1.165, 1.54) is 32.4 Å². The van der Waals surface area contributed by atoms with Crippen molar-refractivity contribution in [1.29, 1.82) is 0 Å². The normalized spacial score (nSPS) is 16.2. The molecule has 1 unspecified atom stereocenters. The number of carboxylic acids is 1. The van der Waals surface area contributed by atoms with Crippen LogP contribution in [0.25, 0.3) is 10.8 Å². The maximum Gasteiger partial charge on any atom is 0.323 e. The van der Waals surface area contributed by atoms with E-state index in [4.69, 9.17) is 9.47 Å². The van der Waals surface area contributed by atoms with Crippen molar-refractivity contribution in [3.05, 3.63) is 30.3 Å². The molecule has 2 fully saturated rings. The Morgan fingerprint density at radius 1 is 0.878 bits per heavy atom. The van der Waals surface area contributed by atoms with Crippen molar-refractivity contribution in [3.8, 4) is 11.5 Å². The summed E-state index contributed by atoms with van der Waals surface area (Å²) in [6.07, 6.45) is 7.86. The lowest BCUT2D eigenvalue weighted by Gasteiger charge is -2.27. The number of rotatable bonds is 17. The maximum absolute atomic E-state index is 13.4. The van der Waals surface area contributed by atoms with Crippen LogP contribution in [0.4, 0.5) is 0 Å². The Morgan fingerprint density at radius 2 is 1.43 bits per heavy atom. The summed E-state index contributed by atoms with van der Waals surface area (Å²) < 4.78 is 39.6. The van der Waals surface area contributed by atoms with E-state index in [9.17, 15) is 27.9 Å². The predicted octanol–water partition coefficient (Wildman–Crippen LogP) is 2.84. The Balaban J connectivity index is 0.00000417. The molecule has 0 bridgehead atoms. The molecular formula is C33H51Cl2N5O8S. The molecule has 2 aromatic rings. The van der Waals surface area contributed by atoms with Gasteiger partial charge in [0.15, 0.2) is 11.5 Å². The van der Waals surface area contributed by atoms with Gasteiger partial charge in [-0.15, -0.1) is 24.8 Å². The van der Waals surface area contributed by atoms with Gasteiger partial charge < -0.3 is 35.8 Å². The number of carboxylic acid groups (broad SMARTS) is 1. The first-order valence-corrected chi connectivity index (χ1v) is 17.9. The van der Waals surface area contributed by atoms with Crippen molar-refractivity contribution in [2.24, 2.45) is 17.8 Å². The fourth-order valence-corrected chi connectivity index (χ4v) is 7.86. The highest BCUT2D eigenvalue weighted by Crippen LogP contribution is 2.35. The highest BCUT2D eigenvalue weighted by Gasteiger charge is 2.28. The second-order valence-electron chi connectivity index (χ2n) is 12.5. The van der Waals surface area contributed by atoms with Gasteiger partial charge in [-0.3, -0.25) is 14.4 Å². The monoisotopic (exact) mass is 747 g/mol. The molecule has 6 N–H and O–H groups in total. The molecule has 2 aromatic carbocycles. The van der Waals surface area contributed by atoms with E-state index in [1.807, 2.05) is 0 Å². The number of sulfonamides is 1. The molecule has 2 amide bonds. The summed E-state index contributed by atoms with van der Waals surface area (Å²) in [5.74, 6) is -0.558. The quantitative estimate of drug-likeness (QED) is 0.141. The zero-order valence-electron chi connectivity index (χ0n) is 28.1. The average molecular weight is 749 g/mol. The van der Waals surface area contributed by atoms with Crippen molar-refractivity contribution in [2.45, 2.75) is 62.3 Å². The Morgan fingerprint density at radius 3 is 1.96 bits per heavy atom. The number of amides is 2. The van der Waals surface area contributed by atoms with Crippen LogP contribution in [0.3, 0.4) is 0 Å². The van der Waals surface area contributed by atoms with Gasteiger partial charge in [-0.2, -0.15) is 4.72 Å². The molecule has 0 aliphatic carbocycles. The smallest absolute Gasteiger partial charge is 0.323 e. The van der Waals surface area contributed by atoms with E-state index in [-0.39, 0.29) is 48.1 Å². The van der Waals surface area contributed by atoms with Gasteiger partial charge in [0.05, 0.1) is 25.7 Å². The van der Waals surface area contributed by atoms with Crippen molar-refractivity contribution in [1.82, 2.24) is 26.0 Å². The van der Waals surface area contributed by atoms with Gasteiger partial charge in [0.1, 0.15) is 6.04 Å². The molecule has 1 atom stereocenters. The van der Waals surface area contributed by atoms with Crippen molar-refractivity contribution < 1.29 is 37.4 Å². The van der Waals surface area contributed by atoms with E-state index >= 15 is 0 Å². The van der Waals surface area contributed by atoms with Crippen LogP contribution in [0.15, 0.2) is 35.2 Å². The van der Waals surface area contributed by atoms with E-state index in [1.54, 1.807) is 12.1 Å². The molecule has 2 heterocycles. The Bertz CT molecular complexity index is 1460. The SMILES string of the molecule is COc1cc2cccc(S(=O)(=O)NC(CNC(=O)CNC(=O)C(CCC3CCNCC3)CCC3CCNCC3)C(=O)O)c2cc1OC.Cl.Cl. The third-order valence-corrected chi connectivity index (χ3v) is 10.8. The minimum atomic E-state index is -4.35. The van der Waals surface area contributed by atoms with E-state index in [0.717, 1.165) is 77.5 Å². The van der Waals surface area contributed by atoms with E-state index in [2.05, 4.69) is 26.0 Å². The third kappa shape index (κ3) is 12.4. The second-order valence-corrected chi connectivity index (χ2v) is 14.1. The number of nitrogens with one attached hydrogen (secondary N) is 5. The van der Waals surface area contributed by atoms with Gasteiger partial charge in [-0.1, -0.05) is 12.1 Å². The number of ether oxygens (including phenoxy) is 2. The minimum absolute atomic E-state index is 0. The summed E-state index contributed by atoms with van der Waals surface area (Å²) in [7, 11) is -1.46. The highest BCUT2D eigenvalue weighted by atomic mass is 35.5. The lowest BCUT2D eigenvalue weighted by Crippen LogP contribution is -2.50. The zero-order valence-corrected chi connectivity index (χ0v) is 30.6. The molecule has 49 heavy (non-hydrogen) atoms. The lowest BCUT2D eigenvalue weighted by molar-refractivity contribution is -0.139. The first-order chi connectivity index (χ1) is 22.6. The van der Waals surface area contributed by atoms with Gasteiger partial charge in [0.25, 0.3) is 0 Å². The van der Waals surface area contributed by atoms with Gasteiger partial charge in [-0.25, -0.2) is 8.42 Å². The molecule has 16 heteroatoms. The van der Waals surface area contributed by atoms with Crippen molar-refractivity contribution in [3.63, 3.8) is 0 Å². The summed E-state index contributed by atoms with van der Waals surface area (Å²) in [6.45, 7) is 3.14. The molecule has 0 spiro atoms. The van der Waals surface area contributed by atoms with Crippen LogP contribution < -0.4 is 35.5 Å². The summed E-state index contributed by atoms with van der Waals surface area (Å²) >= 11 is 0. The van der Waals surface area contributed by atoms with Crippen LogP contribution >= 0.6 is 24.8 Å². The largest absolute Gasteiger partial charge is 0.493 e. The first-order valence-electron chi connectivity index (χ1n) is 16.5. The summed E-state index contributed by atoms with van der Waals surface area (Å²) in [4.78, 5) is 37.9. The number of benzene rings is 2. The van der Waals surface area contributed by atoms with E-state index in [0.29, 0.717) is 34.1 Å². The van der Waals surface area contributed by atoms with Gasteiger partial charge in [0, 0.05) is 17.8 Å². The van der Waals surface area contributed by atoms with Crippen LogP contribution in [0, 0.1) is 17.8 Å². The van der Waals surface area contributed by atoms with E-state index < -0.39 is 34.5 Å². The summed E-state index contributed by atoms with van der Waals surface area (Å²) in [6, 6.07) is 6.07. The molecule has 0 saturated carbocycles. The number of methoxy groups -OCH3 is 2. The number of hydrogen-bond donors (Lipinski definition) is 6. The highest BCUT2D eigenvalue weighted by molar-refractivity contribution is 7.89. The fourth-order valence-electron chi connectivity index (χ4n) is 6.45. The molecule has 2 saturated heterocycles. The Hall–Kier alpha value is -2.88. The zero-order chi connectivity index (χ0) is 33.8. The van der Waals surface area contributed by atoms with Crippen molar-refractivity contribution >= 4 is 63.4 Å².